The van der Waals surface area contributed by atoms with E-state index < -0.39 is 17.2 Å². The summed E-state index contributed by atoms with van der Waals surface area (Å²) in [6, 6.07) is 11.6. The highest BCUT2D eigenvalue weighted by Gasteiger charge is 2.49. The molecule has 9 nitrogen and oxygen atoms in total. The van der Waals surface area contributed by atoms with Gasteiger partial charge in [-0.2, -0.15) is 10.2 Å². The molecule has 2 aromatic carbocycles. The summed E-state index contributed by atoms with van der Waals surface area (Å²) in [7, 11) is 0. The number of hydrogen-bond acceptors (Lipinski definition) is 7. The molecule has 0 bridgehead atoms. The summed E-state index contributed by atoms with van der Waals surface area (Å²) in [5.41, 5.74) is 0.363. The molecule has 40 heavy (non-hydrogen) atoms. The number of halogens is 2. The fourth-order valence-corrected chi connectivity index (χ4v) is 4.60. The first-order chi connectivity index (χ1) is 19.1. The van der Waals surface area contributed by atoms with Gasteiger partial charge in [0.25, 0.3) is 5.91 Å². The van der Waals surface area contributed by atoms with Gasteiger partial charge in [-0.25, -0.2) is 13.6 Å². The number of oxazole rings is 1. The maximum Gasteiger partial charge on any atom is 0.410 e. The normalized spacial score (nSPS) is 18.1. The predicted molar refractivity (Wildman–Crippen MR) is 142 cm³/mol. The molecule has 2 aliphatic rings. The summed E-state index contributed by atoms with van der Waals surface area (Å²) >= 11 is 0. The first kappa shape index (κ1) is 27.1. The number of carbonyl (C=O) groups is 2. The monoisotopic (exact) mass is 549 g/mol. The number of anilines is 2. The molecule has 1 aliphatic heterocycles. The zero-order valence-electron chi connectivity index (χ0n) is 22.2. The van der Waals surface area contributed by atoms with E-state index in [9.17, 15) is 23.6 Å². The van der Waals surface area contributed by atoms with Gasteiger partial charge in [-0.3, -0.25) is 4.79 Å². The second kappa shape index (κ2) is 11.0. The number of amides is 2. The number of likely N-dealkylation sites (tertiary alicyclic amines) is 1. The van der Waals surface area contributed by atoms with E-state index in [0.29, 0.717) is 30.9 Å². The number of piperidine rings is 1. The van der Waals surface area contributed by atoms with Crippen LogP contribution in [0.4, 0.5) is 25.1 Å². The van der Waals surface area contributed by atoms with E-state index in [4.69, 9.17) is 9.15 Å². The quantitative estimate of drug-likeness (QED) is 0.393. The lowest BCUT2D eigenvalue weighted by Crippen LogP contribution is -2.42. The highest BCUT2D eigenvalue weighted by molar-refractivity contribution is 5.94. The first-order valence-corrected chi connectivity index (χ1v) is 13.1. The van der Waals surface area contributed by atoms with Gasteiger partial charge >= 0.3 is 6.09 Å². The Morgan fingerprint density at radius 3 is 2.40 bits per heavy atom. The Kier molecular flexibility index (Phi) is 7.43. The van der Waals surface area contributed by atoms with Crippen LogP contribution < -0.4 is 10.6 Å². The van der Waals surface area contributed by atoms with Crippen molar-refractivity contribution in [1.82, 2.24) is 15.2 Å². The van der Waals surface area contributed by atoms with E-state index in [-0.39, 0.29) is 46.9 Å². The molecule has 2 N–H and O–H groups in total. The molecule has 2 heterocycles. The Bertz CT molecular complexity index is 1440. The van der Waals surface area contributed by atoms with E-state index in [0.717, 1.165) is 31.4 Å². The smallest absolute Gasteiger partial charge is 0.410 e. The maximum absolute atomic E-state index is 14.1. The van der Waals surface area contributed by atoms with Crippen molar-refractivity contribution in [2.24, 2.45) is 11.3 Å². The molecule has 1 atom stereocenters. The van der Waals surface area contributed by atoms with Crippen LogP contribution in [0.3, 0.4) is 0 Å². The van der Waals surface area contributed by atoms with Gasteiger partial charge in [0.2, 0.25) is 17.5 Å². The van der Waals surface area contributed by atoms with Crippen LogP contribution in [0.25, 0.3) is 11.5 Å². The Morgan fingerprint density at radius 1 is 1.15 bits per heavy atom. The second-order valence-corrected chi connectivity index (χ2v) is 10.8. The van der Waals surface area contributed by atoms with E-state index >= 15 is 0 Å². The van der Waals surface area contributed by atoms with E-state index in [1.807, 2.05) is 6.07 Å². The molecule has 2 fully saturated rings. The number of ether oxygens (including phenoxy) is 1. The van der Waals surface area contributed by atoms with Gasteiger partial charge in [0, 0.05) is 36.3 Å². The van der Waals surface area contributed by atoms with Crippen molar-refractivity contribution in [3.63, 3.8) is 0 Å². The lowest BCUT2D eigenvalue weighted by Gasteiger charge is -2.31. The van der Waals surface area contributed by atoms with Crippen molar-refractivity contribution >= 4 is 23.6 Å². The van der Waals surface area contributed by atoms with Gasteiger partial charge in [0.15, 0.2) is 0 Å². The zero-order chi connectivity index (χ0) is 28.4. The summed E-state index contributed by atoms with van der Waals surface area (Å²) in [4.78, 5) is 30.7. The van der Waals surface area contributed by atoms with E-state index in [1.165, 1.54) is 6.07 Å². The Hall–Kier alpha value is -4.46. The molecule has 1 aliphatic carbocycles. The standard InChI is InChI=1S/C29H29F2N5O4/c1-29(2)14-23(29)39-28(38)36-12-10-17(11-13-36)16-33-25(37)18-6-8-19(9-7-18)34-26-22(15-32)35-27(40-26)24-20(30)4-3-5-21(24)31/h3-9,17,23,34H,10-14,16H2,1-2H3,(H,33,37). The molecular formula is C29H29F2N5O4. The number of nitrogens with zero attached hydrogens (tertiary/aromatic N) is 3. The highest BCUT2D eigenvalue weighted by Crippen LogP contribution is 2.47. The van der Waals surface area contributed by atoms with Crippen molar-refractivity contribution < 1.29 is 27.5 Å². The Morgan fingerprint density at radius 2 is 1.80 bits per heavy atom. The molecule has 2 amide bonds. The molecule has 11 heteroatoms. The Labute approximate surface area is 230 Å². The number of benzene rings is 2. The van der Waals surface area contributed by atoms with Crippen LogP contribution in [0.1, 0.15) is 49.2 Å². The second-order valence-electron chi connectivity index (χ2n) is 10.8. The van der Waals surface area contributed by atoms with Crippen LogP contribution in [0, 0.1) is 34.3 Å². The third kappa shape index (κ3) is 5.91. The van der Waals surface area contributed by atoms with E-state index in [2.05, 4.69) is 29.5 Å². The molecule has 1 aromatic heterocycles. The lowest BCUT2D eigenvalue weighted by molar-refractivity contribution is 0.0720. The van der Waals surface area contributed by atoms with Crippen LogP contribution in [-0.2, 0) is 4.74 Å². The first-order valence-electron chi connectivity index (χ1n) is 13.1. The molecule has 3 aromatic rings. The number of carbonyl (C=O) groups excluding carboxylic acids is 2. The average Bonchev–Trinajstić information content (AvgIpc) is 3.34. The van der Waals surface area contributed by atoms with Crippen molar-refractivity contribution in [2.75, 3.05) is 25.0 Å². The van der Waals surface area contributed by atoms with Gasteiger partial charge in [0.05, 0.1) is 0 Å². The van der Waals surface area contributed by atoms with Crippen molar-refractivity contribution in [1.29, 1.82) is 5.26 Å². The number of nitrogens with one attached hydrogen (secondary N) is 2. The summed E-state index contributed by atoms with van der Waals surface area (Å²) in [6.45, 7) is 5.86. The number of rotatable bonds is 7. The predicted octanol–water partition coefficient (Wildman–Crippen LogP) is 5.61. The summed E-state index contributed by atoms with van der Waals surface area (Å²) in [5.74, 6) is -2.14. The number of aromatic nitrogens is 1. The van der Waals surface area contributed by atoms with Crippen molar-refractivity contribution in [3.05, 3.63) is 65.4 Å². The van der Waals surface area contributed by atoms with Crippen LogP contribution in [0.15, 0.2) is 46.9 Å². The summed E-state index contributed by atoms with van der Waals surface area (Å²) in [6.07, 6.45) is 2.21. The molecular weight excluding hydrogens is 520 g/mol. The molecule has 1 saturated carbocycles. The third-order valence-electron chi connectivity index (χ3n) is 7.40. The topological polar surface area (TPSA) is 120 Å². The van der Waals surface area contributed by atoms with E-state index in [1.54, 1.807) is 29.2 Å². The van der Waals surface area contributed by atoms with Crippen LogP contribution >= 0.6 is 0 Å². The molecule has 208 valence electrons. The lowest BCUT2D eigenvalue weighted by atomic mass is 9.97. The summed E-state index contributed by atoms with van der Waals surface area (Å²) < 4.78 is 39.3. The van der Waals surface area contributed by atoms with Crippen molar-refractivity contribution in [3.8, 4) is 17.5 Å². The van der Waals surface area contributed by atoms with Crippen LogP contribution in [0.5, 0.6) is 0 Å². The largest absolute Gasteiger partial charge is 0.446 e. The number of nitriles is 1. The third-order valence-corrected chi connectivity index (χ3v) is 7.40. The highest BCUT2D eigenvalue weighted by atomic mass is 19.1. The fourth-order valence-electron chi connectivity index (χ4n) is 4.60. The van der Waals surface area contributed by atoms with Gasteiger partial charge in [-0.05, 0) is 61.6 Å². The molecule has 0 spiro atoms. The fraction of sp³-hybridized carbons (Fsp3) is 0.379. The van der Waals surface area contributed by atoms with Gasteiger partial charge in [-0.1, -0.05) is 19.9 Å². The molecule has 5 rings (SSSR count). The minimum absolute atomic E-state index is 0.00338. The Balaban J connectivity index is 1.12. The van der Waals surface area contributed by atoms with Crippen LogP contribution in [-0.4, -0.2) is 47.6 Å². The minimum Gasteiger partial charge on any atom is -0.446 e. The van der Waals surface area contributed by atoms with Crippen molar-refractivity contribution in [2.45, 2.75) is 39.2 Å². The number of hydrogen-bond donors (Lipinski definition) is 2. The average molecular weight is 550 g/mol. The SMILES string of the molecule is CC1(C)CC1OC(=O)N1CCC(CNC(=O)c2ccc(Nc3oc(-c4c(F)cccc4F)nc3C#N)cc2)CC1. The molecule has 0 radical (unpaired) electrons. The maximum atomic E-state index is 14.1. The van der Waals surface area contributed by atoms with Gasteiger partial charge < -0.3 is 24.7 Å². The minimum atomic E-state index is -0.863. The molecule has 1 unspecified atom stereocenters. The van der Waals surface area contributed by atoms with Gasteiger partial charge in [0.1, 0.15) is 29.4 Å². The summed E-state index contributed by atoms with van der Waals surface area (Å²) in [5, 5.41) is 15.2. The molecule has 1 saturated heterocycles. The zero-order valence-corrected chi connectivity index (χ0v) is 22.2. The van der Waals surface area contributed by atoms with Crippen LogP contribution in [0.2, 0.25) is 0 Å². The van der Waals surface area contributed by atoms with Gasteiger partial charge in [-0.15, -0.1) is 0 Å².